The average Bonchev–Trinajstić information content (AvgIpc) is 2.95. The fourth-order valence-electron chi connectivity index (χ4n) is 2.39. The molecule has 2 aromatic carbocycles. The molecule has 0 aliphatic heterocycles. The third-order valence-corrected chi connectivity index (χ3v) is 3.92. The van der Waals surface area contributed by atoms with Crippen LogP contribution in [-0.2, 0) is 11.2 Å². The normalized spacial score (nSPS) is 10.6. The largest absolute Gasteiger partial charge is 0.464 e. The first-order chi connectivity index (χ1) is 11.5. The zero-order valence-corrected chi connectivity index (χ0v) is 13.7. The molecule has 0 unspecified atom stereocenters. The summed E-state index contributed by atoms with van der Waals surface area (Å²) >= 11 is 5.94. The van der Waals surface area contributed by atoms with Gasteiger partial charge in [0.25, 0.3) is 5.91 Å². The number of hydrogen-bond acceptors (Lipinski definition) is 3. The van der Waals surface area contributed by atoms with E-state index in [2.05, 4.69) is 10.9 Å². The molecule has 0 aliphatic carbocycles. The molecule has 3 rings (SSSR count). The van der Waals surface area contributed by atoms with Crippen LogP contribution in [0.25, 0.3) is 11.0 Å². The predicted octanol–water partition coefficient (Wildman–Crippen LogP) is 3.40. The summed E-state index contributed by atoms with van der Waals surface area (Å²) < 4.78 is 5.43. The zero-order valence-electron chi connectivity index (χ0n) is 12.9. The minimum absolute atomic E-state index is 0.0965. The molecule has 0 radical (unpaired) electrons. The fraction of sp³-hybridized carbons (Fsp3) is 0.111. The van der Waals surface area contributed by atoms with Crippen molar-refractivity contribution in [1.29, 1.82) is 0 Å². The molecule has 0 aliphatic rings. The van der Waals surface area contributed by atoms with Gasteiger partial charge in [0.05, 0.1) is 23.3 Å². The third kappa shape index (κ3) is 3.41. The number of aryl methyl sites for hydroxylation is 1. The molecule has 0 saturated heterocycles. The van der Waals surface area contributed by atoms with Gasteiger partial charge in [-0.1, -0.05) is 35.4 Å². The lowest BCUT2D eigenvalue weighted by molar-refractivity contribution is -0.121. The summed E-state index contributed by atoms with van der Waals surface area (Å²) in [5.74, 6) is -0.818. The number of furan rings is 1. The van der Waals surface area contributed by atoms with Crippen molar-refractivity contribution >= 4 is 34.4 Å². The maximum absolute atomic E-state index is 12.1. The van der Waals surface area contributed by atoms with Gasteiger partial charge in [-0.2, -0.15) is 0 Å². The Kier molecular flexibility index (Phi) is 4.53. The lowest BCUT2D eigenvalue weighted by Gasteiger charge is -2.08. The van der Waals surface area contributed by atoms with Gasteiger partial charge in [-0.15, -0.1) is 0 Å². The Labute approximate surface area is 143 Å². The highest BCUT2D eigenvalue weighted by Crippen LogP contribution is 2.22. The van der Waals surface area contributed by atoms with E-state index in [-0.39, 0.29) is 12.3 Å². The van der Waals surface area contributed by atoms with Crippen molar-refractivity contribution in [3.63, 3.8) is 0 Å². The van der Waals surface area contributed by atoms with Gasteiger partial charge in [0.2, 0.25) is 5.91 Å². The number of carbonyl (C=O) groups is 2. The number of benzene rings is 2. The lowest BCUT2D eigenvalue weighted by atomic mass is 10.1. The number of hydrogen-bond donors (Lipinski definition) is 2. The summed E-state index contributed by atoms with van der Waals surface area (Å²) in [7, 11) is 0. The van der Waals surface area contributed by atoms with Crippen molar-refractivity contribution in [3.8, 4) is 0 Å². The number of rotatable bonds is 3. The molecule has 1 heterocycles. The van der Waals surface area contributed by atoms with Crippen LogP contribution in [0.5, 0.6) is 0 Å². The van der Waals surface area contributed by atoms with Crippen LogP contribution < -0.4 is 10.9 Å². The van der Waals surface area contributed by atoms with Crippen molar-refractivity contribution in [2.45, 2.75) is 13.3 Å². The van der Waals surface area contributed by atoms with Crippen molar-refractivity contribution in [1.82, 2.24) is 10.9 Å². The standard InChI is InChI=1S/C18H15ClN2O3/c1-11-6-7-16-14(8-11)12(10-24-16)9-17(22)20-21-18(23)13-4-2-3-5-15(13)19/h2-8,10H,9H2,1H3,(H,20,22)(H,21,23). The fourth-order valence-corrected chi connectivity index (χ4v) is 2.61. The maximum Gasteiger partial charge on any atom is 0.271 e. The molecular formula is C18H15ClN2O3. The number of fused-ring (bicyclic) bond motifs is 1. The average molecular weight is 343 g/mol. The highest BCUT2D eigenvalue weighted by molar-refractivity contribution is 6.33. The van der Waals surface area contributed by atoms with E-state index in [1.807, 2.05) is 25.1 Å². The lowest BCUT2D eigenvalue weighted by Crippen LogP contribution is -2.42. The van der Waals surface area contributed by atoms with E-state index >= 15 is 0 Å². The summed E-state index contributed by atoms with van der Waals surface area (Å²) in [5, 5.41) is 1.21. The highest BCUT2D eigenvalue weighted by atomic mass is 35.5. The van der Waals surface area contributed by atoms with Crippen LogP contribution in [0.2, 0.25) is 5.02 Å². The first-order valence-electron chi connectivity index (χ1n) is 7.35. The van der Waals surface area contributed by atoms with Gasteiger partial charge in [0.15, 0.2) is 0 Å². The molecular weight excluding hydrogens is 328 g/mol. The Hall–Kier alpha value is -2.79. The van der Waals surface area contributed by atoms with Gasteiger partial charge < -0.3 is 4.42 Å². The van der Waals surface area contributed by atoms with Gasteiger partial charge in [-0.05, 0) is 31.2 Å². The molecule has 0 spiro atoms. The van der Waals surface area contributed by atoms with E-state index < -0.39 is 5.91 Å². The van der Waals surface area contributed by atoms with Gasteiger partial charge in [-0.25, -0.2) is 0 Å². The molecule has 2 N–H and O–H groups in total. The van der Waals surface area contributed by atoms with Crippen LogP contribution in [0, 0.1) is 6.92 Å². The first kappa shape index (κ1) is 16.1. The first-order valence-corrected chi connectivity index (χ1v) is 7.73. The second kappa shape index (κ2) is 6.76. The SMILES string of the molecule is Cc1ccc2occ(CC(=O)NNC(=O)c3ccccc3Cl)c2c1. The summed E-state index contributed by atoms with van der Waals surface area (Å²) in [6.07, 6.45) is 1.65. The molecule has 0 saturated carbocycles. The van der Waals surface area contributed by atoms with E-state index in [0.717, 1.165) is 22.1 Å². The van der Waals surface area contributed by atoms with Gasteiger partial charge in [-0.3, -0.25) is 20.4 Å². The zero-order chi connectivity index (χ0) is 17.1. The monoisotopic (exact) mass is 342 g/mol. The molecule has 6 heteroatoms. The topological polar surface area (TPSA) is 71.3 Å². The molecule has 3 aromatic rings. The van der Waals surface area contributed by atoms with E-state index in [1.165, 1.54) is 0 Å². The second-order valence-corrected chi connectivity index (χ2v) is 5.83. The molecule has 5 nitrogen and oxygen atoms in total. The second-order valence-electron chi connectivity index (χ2n) is 5.42. The van der Waals surface area contributed by atoms with E-state index in [4.69, 9.17) is 16.0 Å². The summed E-state index contributed by atoms with van der Waals surface area (Å²) in [6, 6.07) is 12.4. The molecule has 0 fully saturated rings. The Bertz CT molecular complexity index is 918. The quantitative estimate of drug-likeness (QED) is 0.717. The molecule has 24 heavy (non-hydrogen) atoms. The van der Waals surface area contributed by atoms with Crippen LogP contribution in [0.1, 0.15) is 21.5 Å². The van der Waals surface area contributed by atoms with E-state index in [9.17, 15) is 9.59 Å². The summed E-state index contributed by atoms with van der Waals surface area (Å²) in [4.78, 5) is 24.1. The number of hydrazine groups is 1. The van der Waals surface area contributed by atoms with Crippen LogP contribution >= 0.6 is 11.6 Å². The predicted molar refractivity (Wildman–Crippen MR) is 91.7 cm³/mol. The van der Waals surface area contributed by atoms with Crippen LogP contribution in [-0.4, -0.2) is 11.8 Å². The highest BCUT2D eigenvalue weighted by Gasteiger charge is 2.13. The molecule has 0 atom stereocenters. The molecule has 2 amide bonds. The Morgan fingerprint density at radius 1 is 1.12 bits per heavy atom. The van der Waals surface area contributed by atoms with Crippen LogP contribution in [0.4, 0.5) is 0 Å². The number of amides is 2. The van der Waals surface area contributed by atoms with Crippen molar-refractivity contribution in [2.24, 2.45) is 0 Å². The molecule has 122 valence electrons. The van der Waals surface area contributed by atoms with Crippen LogP contribution in [0.15, 0.2) is 53.1 Å². The molecule has 1 aromatic heterocycles. The number of halogens is 1. The number of nitrogens with one attached hydrogen (secondary N) is 2. The maximum atomic E-state index is 12.1. The summed E-state index contributed by atoms with van der Waals surface area (Å²) in [6.45, 7) is 1.97. The molecule has 0 bridgehead atoms. The van der Waals surface area contributed by atoms with Crippen molar-refractivity contribution in [3.05, 3.63) is 70.4 Å². The van der Waals surface area contributed by atoms with Crippen molar-refractivity contribution < 1.29 is 14.0 Å². The Balaban J connectivity index is 1.64. The van der Waals surface area contributed by atoms with Gasteiger partial charge in [0.1, 0.15) is 5.58 Å². The van der Waals surface area contributed by atoms with Crippen LogP contribution in [0.3, 0.4) is 0 Å². The smallest absolute Gasteiger partial charge is 0.271 e. The Morgan fingerprint density at radius 3 is 2.71 bits per heavy atom. The van der Waals surface area contributed by atoms with Gasteiger partial charge in [0, 0.05) is 10.9 Å². The third-order valence-electron chi connectivity index (χ3n) is 3.59. The Morgan fingerprint density at radius 2 is 1.92 bits per heavy atom. The minimum Gasteiger partial charge on any atom is -0.464 e. The van der Waals surface area contributed by atoms with Gasteiger partial charge >= 0.3 is 0 Å². The summed E-state index contributed by atoms with van der Waals surface area (Å²) in [5.41, 5.74) is 7.61. The number of carbonyl (C=O) groups excluding carboxylic acids is 2. The minimum atomic E-state index is -0.471. The van der Waals surface area contributed by atoms with E-state index in [0.29, 0.717) is 10.6 Å². The van der Waals surface area contributed by atoms with Crippen molar-refractivity contribution in [2.75, 3.05) is 0 Å². The van der Waals surface area contributed by atoms with E-state index in [1.54, 1.807) is 30.5 Å².